The van der Waals surface area contributed by atoms with Gasteiger partial charge in [-0.25, -0.2) is 8.42 Å². The zero-order chi connectivity index (χ0) is 22.2. The molecule has 31 heavy (non-hydrogen) atoms. The van der Waals surface area contributed by atoms with Gasteiger partial charge >= 0.3 is 0 Å². The number of hydrogen-bond donors (Lipinski definition) is 0. The fraction of sp³-hybridized carbons (Fsp3) is 0.524. The summed E-state index contributed by atoms with van der Waals surface area (Å²) < 4.78 is 34.6. The summed E-state index contributed by atoms with van der Waals surface area (Å²) in [6.07, 6.45) is 0.888. The van der Waals surface area contributed by atoms with Crippen LogP contribution in [0.5, 0.6) is 0 Å². The highest BCUT2D eigenvalue weighted by atomic mass is 32.2. The number of sulfonamides is 1. The van der Waals surface area contributed by atoms with Crippen LogP contribution >= 0.6 is 11.8 Å². The van der Waals surface area contributed by atoms with Crippen molar-refractivity contribution in [3.8, 4) is 0 Å². The quantitative estimate of drug-likeness (QED) is 0.691. The third-order valence-electron chi connectivity index (χ3n) is 5.71. The van der Waals surface area contributed by atoms with E-state index in [1.807, 2.05) is 24.3 Å². The minimum absolute atomic E-state index is 0.00130. The van der Waals surface area contributed by atoms with Crippen molar-refractivity contribution in [3.05, 3.63) is 35.7 Å². The second-order valence-corrected chi connectivity index (χ2v) is 11.3. The van der Waals surface area contributed by atoms with E-state index in [-0.39, 0.29) is 17.3 Å². The molecule has 3 heterocycles. The summed E-state index contributed by atoms with van der Waals surface area (Å²) in [6, 6.07) is 7.93. The first-order chi connectivity index (χ1) is 14.8. The number of ether oxygens (including phenoxy) is 1. The number of anilines is 1. The van der Waals surface area contributed by atoms with Crippen LogP contribution in [-0.2, 0) is 26.1 Å². The molecule has 0 N–H and O–H groups in total. The monoisotopic (exact) mass is 464 g/mol. The van der Waals surface area contributed by atoms with Gasteiger partial charge in [0, 0.05) is 29.8 Å². The Morgan fingerprint density at radius 1 is 1.19 bits per heavy atom. The first-order valence-corrected chi connectivity index (χ1v) is 12.8. The van der Waals surface area contributed by atoms with Gasteiger partial charge in [-0.15, -0.1) is 11.8 Å². The van der Waals surface area contributed by atoms with Crippen molar-refractivity contribution < 1.29 is 17.9 Å². The van der Waals surface area contributed by atoms with E-state index < -0.39 is 10.0 Å². The number of nitrogens with zero attached hydrogens (tertiary/aromatic N) is 4. The highest BCUT2D eigenvalue weighted by molar-refractivity contribution is 8.00. The molecule has 1 atom stereocenters. The Labute approximate surface area is 187 Å². The van der Waals surface area contributed by atoms with E-state index in [0.717, 1.165) is 17.0 Å². The smallest absolute Gasteiger partial charge is 0.248 e. The van der Waals surface area contributed by atoms with Crippen molar-refractivity contribution >= 4 is 33.4 Å². The maximum atomic E-state index is 13.3. The number of rotatable bonds is 4. The maximum Gasteiger partial charge on any atom is 0.248 e. The second kappa shape index (κ2) is 8.93. The van der Waals surface area contributed by atoms with Gasteiger partial charge in [0.05, 0.1) is 30.3 Å². The summed E-state index contributed by atoms with van der Waals surface area (Å²) in [5.41, 5.74) is 1.81. The van der Waals surface area contributed by atoms with Crippen LogP contribution in [-0.4, -0.2) is 66.5 Å². The lowest BCUT2D eigenvalue weighted by molar-refractivity contribution is -0.119. The van der Waals surface area contributed by atoms with Gasteiger partial charge in [0.25, 0.3) is 0 Å². The largest absolute Gasteiger partial charge is 0.379 e. The lowest BCUT2D eigenvalue weighted by Gasteiger charge is -2.26. The molecule has 0 spiro atoms. The molecule has 2 aliphatic heterocycles. The van der Waals surface area contributed by atoms with Gasteiger partial charge in [0.2, 0.25) is 15.9 Å². The van der Waals surface area contributed by atoms with E-state index in [9.17, 15) is 13.2 Å². The molecule has 2 aliphatic rings. The Morgan fingerprint density at radius 2 is 1.90 bits per heavy atom. The normalized spacial score (nSPS) is 20.4. The summed E-state index contributed by atoms with van der Waals surface area (Å²) in [5.74, 6) is -0.0944. The van der Waals surface area contributed by atoms with Crippen LogP contribution < -0.4 is 4.90 Å². The summed E-state index contributed by atoms with van der Waals surface area (Å²) >= 11 is 1.78. The number of fused-ring (bicyclic) bond motifs is 1. The summed E-state index contributed by atoms with van der Waals surface area (Å²) in [6.45, 7) is 7.61. The Hall–Kier alpha value is -1.88. The molecule has 0 saturated carbocycles. The molecule has 0 radical (unpaired) electrons. The van der Waals surface area contributed by atoms with Gasteiger partial charge < -0.3 is 9.64 Å². The molecule has 1 saturated heterocycles. The molecule has 4 rings (SSSR count). The molecule has 0 bridgehead atoms. The van der Waals surface area contributed by atoms with Gasteiger partial charge in [-0.1, -0.05) is 19.1 Å². The van der Waals surface area contributed by atoms with Crippen molar-refractivity contribution in [2.24, 2.45) is 0 Å². The zero-order valence-corrected chi connectivity index (χ0v) is 19.7. The molecular weight excluding hydrogens is 436 g/mol. The molecule has 2 aromatic rings. The van der Waals surface area contributed by atoms with Gasteiger partial charge in [-0.2, -0.15) is 9.40 Å². The van der Waals surface area contributed by atoms with Crippen LogP contribution in [0.1, 0.15) is 24.7 Å². The lowest BCUT2D eigenvalue weighted by Crippen LogP contribution is -2.41. The molecule has 1 aromatic heterocycles. The molecular formula is C21H28N4O4S2. The number of amides is 1. The summed E-state index contributed by atoms with van der Waals surface area (Å²) in [4.78, 5) is 16.4. The minimum atomic E-state index is -3.68. The molecule has 168 valence electrons. The maximum absolute atomic E-state index is 13.3. The van der Waals surface area contributed by atoms with Crippen LogP contribution in [0.2, 0.25) is 0 Å². The first kappa shape index (κ1) is 22.3. The predicted molar refractivity (Wildman–Crippen MR) is 120 cm³/mol. The van der Waals surface area contributed by atoms with E-state index in [2.05, 4.69) is 12.0 Å². The Balaban J connectivity index is 1.61. The van der Waals surface area contributed by atoms with Crippen LogP contribution in [0.3, 0.4) is 0 Å². The highest BCUT2D eigenvalue weighted by Crippen LogP contribution is 2.37. The van der Waals surface area contributed by atoms with Crippen LogP contribution in [0.4, 0.5) is 5.69 Å². The lowest BCUT2D eigenvalue weighted by atomic mass is 10.2. The molecule has 0 aliphatic carbocycles. The molecule has 1 aromatic carbocycles. The summed E-state index contributed by atoms with van der Waals surface area (Å²) in [5, 5.41) is 4.84. The Kier molecular flexibility index (Phi) is 6.43. The van der Waals surface area contributed by atoms with Crippen molar-refractivity contribution in [3.63, 3.8) is 0 Å². The van der Waals surface area contributed by atoms with Gasteiger partial charge in [0.15, 0.2) is 0 Å². The van der Waals surface area contributed by atoms with Gasteiger partial charge in [0.1, 0.15) is 11.4 Å². The predicted octanol–water partition coefficient (Wildman–Crippen LogP) is 2.44. The number of morpholine rings is 1. The standard InChI is InChI=1S/C21H28N4O4S2/c1-15-8-9-24(18-6-4-5-7-19(18)30-15)20(26)14-25-17(3)21(16(2)22-25)31(27,28)23-10-12-29-13-11-23/h4-7,15H,8-14H2,1-3H3. The van der Waals surface area contributed by atoms with E-state index in [0.29, 0.717) is 49.5 Å². The van der Waals surface area contributed by atoms with Crippen molar-refractivity contribution in [2.75, 3.05) is 37.7 Å². The number of benzene rings is 1. The van der Waals surface area contributed by atoms with Crippen molar-refractivity contribution in [1.82, 2.24) is 14.1 Å². The van der Waals surface area contributed by atoms with Crippen LogP contribution in [0, 0.1) is 13.8 Å². The molecule has 10 heteroatoms. The average molecular weight is 465 g/mol. The van der Waals surface area contributed by atoms with Gasteiger partial charge in [-0.05, 0) is 32.4 Å². The van der Waals surface area contributed by atoms with E-state index >= 15 is 0 Å². The molecule has 1 unspecified atom stereocenters. The third-order valence-corrected chi connectivity index (χ3v) is 9.10. The van der Waals surface area contributed by atoms with E-state index in [1.165, 1.54) is 8.99 Å². The number of aromatic nitrogens is 2. The van der Waals surface area contributed by atoms with Crippen LogP contribution in [0.25, 0.3) is 0 Å². The fourth-order valence-electron chi connectivity index (χ4n) is 4.08. The topological polar surface area (TPSA) is 84.7 Å². The van der Waals surface area contributed by atoms with E-state index in [4.69, 9.17) is 4.74 Å². The first-order valence-electron chi connectivity index (χ1n) is 10.5. The summed E-state index contributed by atoms with van der Waals surface area (Å²) in [7, 11) is -3.68. The van der Waals surface area contributed by atoms with Crippen molar-refractivity contribution in [1.29, 1.82) is 0 Å². The molecule has 8 nitrogen and oxygen atoms in total. The second-order valence-electron chi connectivity index (χ2n) is 7.90. The SMILES string of the molecule is Cc1nn(CC(=O)N2CCC(C)Sc3ccccc32)c(C)c1S(=O)(=O)N1CCOCC1. The average Bonchev–Trinajstić information content (AvgIpc) is 2.92. The Bertz CT molecular complexity index is 1080. The number of thioether (sulfide) groups is 1. The minimum Gasteiger partial charge on any atom is -0.379 e. The molecule has 1 fully saturated rings. The fourth-order valence-corrected chi connectivity index (χ4v) is 6.98. The number of carbonyl (C=O) groups is 1. The third kappa shape index (κ3) is 4.39. The molecule has 1 amide bonds. The highest BCUT2D eigenvalue weighted by Gasteiger charge is 2.33. The van der Waals surface area contributed by atoms with Crippen LogP contribution in [0.15, 0.2) is 34.1 Å². The van der Waals surface area contributed by atoms with E-state index in [1.54, 1.807) is 30.5 Å². The van der Waals surface area contributed by atoms with Gasteiger partial charge in [-0.3, -0.25) is 9.48 Å². The zero-order valence-electron chi connectivity index (χ0n) is 18.1. The number of carbonyl (C=O) groups excluding carboxylic acids is 1. The number of para-hydroxylation sites is 1. The number of hydrogen-bond acceptors (Lipinski definition) is 6. The Morgan fingerprint density at radius 3 is 2.65 bits per heavy atom. The number of aryl methyl sites for hydroxylation is 1. The van der Waals surface area contributed by atoms with Crippen molar-refractivity contribution in [2.45, 2.75) is 48.8 Å².